The summed E-state index contributed by atoms with van der Waals surface area (Å²) in [5.74, 6) is -1.03. The van der Waals surface area contributed by atoms with Crippen LogP contribution in [0.2, 0.25) is 0 Å². The number of nitro groups is 1. The van der Waals surface area contributed by atoms with Crippen LogP contribution in [0.5, 0.6) is 5.75 Å². The van der Waals surface area contributed by atoms with Crippen molar-refractivity contribution in [3.05, 3.63) is 63.2 Å². The number of hydrogen-bond acceptors (Lipinski definition) is 6. The maximum atomic E-state index is 12.1. The van der Waals surface area contributed by atoms with Gasteiger partial charge in [-0.15, -0.1) is 0 Å². The molecule has 0 saturated heterocycles. The monoisotopic (exact) mass is 358 g/mol. The Kier molecular flexibility index (Phi) is 5.90. The highest BCUT2D eigenvalue weighted by atomic mass is 16.6. The van der Waals surface area contributed by atoms with Crippen LogP contribution in [-0.2, 0) is 9.53 Å². The molecule has 0 aliphatic carbocycles. The van der Waals surface area contributed by atoms with Gasteiger partial charge in [0.05, 0.1) is 23.7 Å². The van der Waals surface area contributed by atoms with E-state index in [1.54, 1.807) is 19.1 Å². The largest absolute Gasteiger partial charge is 0.496 e. The molecule has 2 rings (SSSR count). The van der Waals surface area contributed by atoms with Gasteiger partial charge in [-0.3, -0.25) is 14.9 Å². The Hall–Kier alpha value is -3.42. The third-order valence-electron chi connectivity index (χ3n) is 3.62. The van der Waals surface area contributed by atoms with Crippen molar-refractivity contribution in [3.63, 3.8) is 0 Å². The quantitative estimate of drug-likeness (QED) is 0.483. The molecule has 0 bridgehead atoms. The van der Waals surface area contributed by atoms with Gasteiger partial charge in [0.15, 0.2) is 6.61 Å². The van der Waals surface area contributed by atoms with E-state index in [0.29, 0.717) is 5.56 Å². The van der Waals surface area contributed by atoms with Crippen LogP contribution in [0.1, 0.15) is 21.5 Å². The van der Waals surface area contributed by atoms with Crippen molar-refractivity contribution in [1.29, 1.82) is 0 Å². The second-order valence-corrected chi connectivity index (χ2v) is 5.58. The molecule has 136 valence electrons. The Bertz CT molecular complexity index is 863. The van der Waals surface area contributed by atoms with Crippen LogP contribution in [0.3, 0.4) is 0 Å². The molecule has 1 amide bonds. The lowest BCUT2D eigenvalue weighted by Gasteiger charge is -2.09. The molecule has 1 N–H and O–H groups in total. The van der Waals surface area contributed by atoms with Gasteiger partial charge in [-0.2, -0.15) is 0 Å². The van der Waals surface area contributed by atoms with Crippen molar-refractivity contribution >= 4 is 23.3 Å². The van der Waals surface area contributed by atoms with E-state index in [9.17, 15) is 19.7 Å². The van der Waals surface area contributed by atoms with E-state index >= 15 is 0 Å². The lowest BCUT2D eigenvalue weighted by atomic mass is 10.1. The summed E-state index contributed by atoms with van der Waals surface area (Å²) >= 11 is 0. The number of nitro benzene ring substituents is 1. The molecule has 8 heteroatoms. The third kappa shape index (κ3) is 4.56. The zero-order valence-electron chi connectivity index (χ0n) is 14.6. The fourth-order valence-corrected chi connectivity index (χ4v) is 2.25. The van der Waals surface area contributed by atoms with Crippen LogP contribution in [0.25, 0.3) is 0 Å². The number of nitrogens with one attached hydrogen (secondary N) is 1. The molecule has 0 aromatic heterocycles. The third-order valence-corrected chi connectivity index (χ3v) is 3.62. The van der Waals surface area contributed by atoms with Gasteiger partial charge in [-0.1, -0.05) is 17.7 Å². The van der Waals surface area contributed by atoms with Crippen molar-refractivity contribution < 1.29 is 24.0 Å². The summed E-state index contributed by atoms with van der Waals surface area (Å²) in [5, 5.41) is 13.5. The zero-order valence-corrected chi connectivity index (χ0v) is 14.6. The normalized spacial score (nSPS) is 10.1. The van der Waals surface area contributed by atoms with E-state index < -0.39 is 23.4 Å². The van der Waals surface area contributed by atoms with Crippen LogP contribution in [-0.4, -0.2) is 30.5 Å². The summed E-state index contributed by atoms with van der Waals surface area (Å²) in [5.41, 5.74) is 1.66. The second kappa shape index (κ2) is 8.11. The highest BCUT2D eigenvalue weighted by molar-refractivity contribution is 5.97. The van der Waals surface area contributed by atoms with Gasteiger partial charge in [0, 0.05) is 0 Å². The number of esters is 1. The Balaban J connectivity index is 2.04. The fourth-order valence-electron chi connectivity index (χ4n) is 2.25. The summed E-state index contributed by atoms with van der Waals surface area (Å²) in [6.45, 7) is 3.04. The minimum atomic E-state index is -0.683. The summed E-state index contributed by atoms with van der Waals surface area (Å²) in [6.07, 6.45) is 0. The predicted molar refractivity (Wildman–Crippen MR) is 94.5 cm³/mol. The van der Waals surface area contributed by atoms with Gasteiger partial charge in [-0.05, 0) is 37.6 Å². The average molecular weight is 358 g/mol. The van der Waals surface area contributed by atoms with Crippen molar-refractivity contribution in [2.45, 2.75) is 13.8 Å². The van der Waals surface area contributed by atoms with Gasteiger partial charge < -0.3 is 14.8 Å². The minimum absolute atomic E-state index is 0.0106. The van der Waals surface area contributed by atoms with E-state index in [4.69, 9.17) is 9.47 Å². The molecule has 0 saturated carbocycles. The lowest BCUT2D eigenvalue weighted by Crippen LogP contribution is -2.21. The Morgan fingerprint density at radius 1 is 1.15 bits per heavy atom. The topological polar surface area (TPSA) is 108 Å². The number of benzene rings is 2. The van der Waals surface area contributed by atoms with Gasteiger partial charge in [0.25, 0.3) is 11.6 Å². The Morgan fingerprint density at radius 3 is 2.54 bits per heavy atom. The summed E-state index contributed by atoms with van der Waals surface area (Å²) < 4.78 is 9.92. The van der Waals surface area contributed by atoms with Gasteiger partial charge in [0.1, 0.15) is 11.4 Å². The molecule has 26 heavy (non-hydrogen) atoms. The standard InChI is InChI=1S/C18H18N2O6/c1-11-4-5-12(2)14(8-11)18(22)26-10-17(21)19-15-7-6-13(25-3)9-16(15)20(23)24/h4-9H,10H2,1-3H3,(H,19,21). The summed E-state index contributed by atoms with van der Waals surface area (Å²) in [6, 6.07) is 9.34. The van der Waals surface area contributed by atoms with Crippen LogP contribution in [0.15, 0.2) is 36.4 Å². The Morgan fingerprint density at radius 2 is 1.88 bits per heavy atom. The molecule has 0 heterocycles. The van der Waals surface area contributed by atoms with Crippen molar-refractivity contribution in [3.8, 4) is 5.75 Å². The number of hydrogen-bond donors (Lipinski definition) is 1. The highest BCUT2D eigenvalue weighted by Gasteiger charge is 2.18. The zero-order chi connectivity index (χ0) is 19.3. The number of rotatable bonds is 6. The first-order valence-corrected chi connectivity index (χ1v) is 7.68. The molecular weight excluding hydrogens is 340 g/mol. The van der Waals surface area contributed by atoms with E-state index in [2.05, 4.69) is 5.32 Å². The lowest BCUT2D eigenvalue weighted by molar-refractivity contribution is -0.384. The van der Waals surface area contributed by atoms with Crippen molar-refractivity contribution in [1.82, 2.24) is 0 Å². The molecule has 8 nitrogen and oxygen atoms in total. The van der Waals surface area contributed by atoms with Crippen LogP contribution in [0.4, 0.5) is 11.4 Å². The van der Waals surface area contributed by atoms with E-state index in [1.807, 2.05) is 13.0 Å². The summed E-state index contributed by atoms with van der Waals surface area (Å²) in [4.78, 5) is 34.6. The molecule has 2 aromatic carbocycles. The van der Waals surface area contributed by atoms with Crippen molar-refractivity contribution in [2.24, 2.45) is 0 Å². The number of nitrogens with zero attached hydrogens (tertiary/aromatic N) is 1. The smallest absolute Gasteiger partial charge is 0.338 e. The van der Waals surface area contributed by atoms with Crippen molar-refractivity contribution in [2.75, 3.05) is 19.0 Å². The molecule has 0 spiro atoms. The van der Waals surface area contributed by atoms with E-state index in [-0.39, 0.29) is 17.1 Å². The maximum Gasteiger partial charge on any atom is 0.338 e. The molecule has 0 fully saturated rings. The van der Waals surface area contributed by atoms with E-state index in [0.717, 1.165) is 11.1 Å². The molecular formula is C18H18N2O6. The number of carbonyl (C=O) groups is 2. The maximum absolute atomic E-state index is 12.1. The van der Waals surface area contributed by atoms with Gasteiger partial charge >= 0.3 is 5.97 Å². The fraction of sp³-hybridized carbons (Fsp3) is 0.222. The predicted octanol–water partition coefficient (Wildman–Crippen LogP) is 3.02. The highest BCUT2D eigenvalue weighted by Crippen LogP contribution is 2.28. The first-order valence-electron chi connectivity index (χ1n) is 7.68. The molecule has 0 unspecified atom stereocenters. The molecule has 0 radical (unpaired) electrons. The minimum Gasteiger partial charge on any atom is -0.496 e. The van der Waals surface area contributed by atoms with E-state index in [1.165, 1.54) is 25.3 Å². The van der Waals surface area contributed by atoms with Gasteiger partial charge in [-0.25, -0.2) is 4.79 Å². The first-order chi connectivity index (χ1) is 12.3. The number of amides is 1. The number of anilines is 1. The molecule has 0 aliphatic rings. The van der Waals surface area contributed by atoms with Crippen LogP contribution in [0, 0.1) is 24.0 Å². The molecule has 2 aromatic rings. The molecule has 0 aliphatic heterocycles. The van der Waals surface area contributed by atoms with Gasteiger partial charge in [0.2, 0.25) is 0 Å². The van der Waals surface area contributed by atoms with Crippen LogP contribution < -0.4 is 10.1 Å². The second-order valence-electron chi connectivity index (χ2n) is 5.58. The first kappa shape index (κ1) is 18.9. The van der Waals surface area contributed by atoms with Crippen LogP contribution >= 0.6 is 0 Å². The number of aryl methyl sites for hydroxylation is 2. The summed E-state index contributed by atoms with van der Waals surface area (Å²) in [7, 11) is 1.38. The number of methoxy groups -OCH3 is 1. The number of carbonyl (C=O) groups excluding carboxylic acids is 2. The average Bonchev–Trinajstić information content (AvgIpc) is 2.61. The SMILES string of the molecule is COc1ccc(NC(=O)COC(=O)c2cc(C)ccc2C)c([N+](=O)[O-])c1. The molecule has 0 atom stereocenters. The number of ether oxygens (including phenoxy) is 2. The Labute approximate surface area is 149 Å².